The second-order valence-electron chi connectivity index (χ2n) is 6.69. The summed E-state index contributed by atoms with van der Waals surface area (Å²) in [6.45, 7) is 6.59. The van der Waals surface area contributed by atoms with E-state index in [1.165, 1.54) is 0 Å². The molecule has 6 heteroatoms. The molecule has 1 aromatic heterocycles. The maximum absolute atomic E-state index is 12.2. The predicted molar refractivity (Wildman–Crippen MR) is 117 cm³/mol. The van der Waals surface area contributed by atoms with Gasteiger partial charge in [0.2, 0.25) is 5.91 Å². The lowest BCUT2D eigenvalue weighted by atomic mass is 10.1. The number of halogens is 1. The number of carbonyl (C=O) groups is 1. The van der Waals surface area contributed by atoms with E-state index in [4.69, 9.17) is 16.3 Å². The number of hydrazone groups is 1. The summed E-state index contributed by atoms with van der Waals surface area (Å²) in [6.07, 6.45) is 1.92. The molecule has 0 bridgehead atoms. The smallest absolute Gasteiger partial charge is 0.244 e. The number of amides is 1. The monoisotopic (exact) mass is 409 g/mol. The molecule has 1 amide bonds. The summed E-state index contributed by atoms with van der Waals surface area (Å²) in [5, 5.41) is 4.81. The zero-order valence-corrected chi connectivity index (χ0v) is 17.5. The number of hydrogen-bond acceptors (Lipinski definition) is 3. The van der Waals surface area contributed by atoms with Crippen LogP contribution in [-0.4, -0.2) is 23.3 Å². The Kier molecular flexibility index (Phi) is 6.73. The van der Waals surface area contributed by atoms with Gasteiger partial charge in [0.05, 0.1) is 19.2 Å². The lowest BCUT2D eigenvalue weighted by Gasteiger charge is -2.09. The number of hydrogen-bond donors (Lipinski definition) is 1. The molecule has 5 nitrogen and oxygen atoms in total. The highest BCUT2D eigenvalue weighted by Crippen LogP contribution is 2.22. The first-order chi connectivity index (χ1) is 14.0. The third kappa shape index (κ3) is 5.27. The Morgan fingerprint density at radius 3 is 2.62 bits per heavy atom. The van der Waals surface area contributed by atoms with E-state index >= 15 is 0 Å². The molecule has 0 aliphatic heterocycles. The molecule has 0 saturated heterocycles. The summed E-state index contributed by atoms with van der Waals surface area (Å²) >= 11 is 6.12. The number of rotatable bonds is 7. The molecule has 0 fully saturated rings. The van der Waals surface area contributed by atoms with E-state index in [1.54, 1.807) is 6.21 Å². The fourth-order valence-electron chi connectivity index (χ4n) is 3.20. The van der Waals surface area contributed by atoms with Crippen LogP contribution in [0.25, 0.3) is 5.69 Å². The minimum atomic E-state index is -0.172. The molecule has 1 heterocycles. The van der Waals surface area contributed by atoms with Gasteiger partial charge < -0.3 is 9.30 Å². The zero-order chi connectivity index (χ0) is 20.8. The number of aromatic nitrogens is 1. The highest BCUT2D eigenvalue weighted by molar-refractivity contribution is 6.30. The summed E-state index contributed by atoms with van der Waals surface area (Å²) in [7, 11) is 0. The van der Waals surface area contributed by atoms with E-state index in [9.17, 15) is 4.79 Å². The van der Waals surface area contributed by atoms with E-state index in [0.717, 1.165) is 34.0 Å². The van der Waals surface area contributed by atoms with Gasteiger partial charge in [-0.25, -0.2) is 5.43 Å². The van der Waals surface area contributed by atoms with Crippen LogP contribution in [0, 0.1) is 13.8 Å². The average molecular weight is 410 g/mol. The van der Waals surface area contributed by atoms with Crippen molar-refractivity contribution in [3.05, 3.63) is 82.1 Å². The van der Waals surface area contributed by atoms with Crippen LogP contribution < -0.4 is 10.2 Å². The molecule has 0 atom stereocenters. The van der Waals surface area contributed by atoms with Gasteiger partial charge in [-0.2, -0.15) is 5.10 Å². The van der Waals surface area contributed by atoms with Crippen LogP contribution >= 0.6 is 11.6 Å². The minimum Gasteiger partial charge on any atom is -0.494 e. The summed E-state index contributed by atoms with van der Waals surface area (Å²) in [6, 6.07) is 17.2. The summed E-state index contributed by atoms with van der Waals surface area (Å²) in [5.41, 5.74) is 7.51. The van der Waals surface area contributed by atoms with E-state index in [2.05, 4.69) is 15.1 Å². The van der Waals surface area contributed by atoms with Crippen LogP contribution in [0.4, 0.5) is 0 Å². The lowest BCUT2D eigenvalue weighted by molar-refractivity contribution is -0.120. The third-order valence-corrected chi connectivity index (χ3v) is 4.76. The Hall–Kier alpha value is -3.05. The zero-order valence-electron chi connectivity index (χ0n) is 16.8. The Bertz CT molecular complexity index is 1020. The van der Waals surface area contributed by atoms with Crippen LogP contribution in [0.3, 0.4) is 0 Å². The van der Waals surface area contributed by atoms with Crippen molar-refractivity contribution in [1.29, 1.82) is 0 Å². The van der Waals surface area contributed by atoms with Crippen molar-refractivity contribution in [3.8, 4) is 11.4 Å². The van der Waals surface area contributed by atoms with Crippen molar-refractivity contribution in [2.24, 2.45) is 5.10 Å². The highest BCUT2D eigenvalue weighted by Gasteiger charge is 2.10. The van der Waals surface area contributed by atoms with Gasteiger partial charge in [-0.05, 0) is 62.7 Å². The number of nitrogens with one attached hydrogen (secondary N) is 1. The molecule has 0 radical (unpaired) electrons. The van der Waals surface area contributed by atoms with Crippen LogP contribution in [0.5, 0.6) is 5.75 Å². The van der Waals surface area contributed by atoms with Crippen molar-refractivity contribution in [2.75, 3.05) is 6.61 Å². The highest BCUT2D eigenvalue weighted by atomic mass is 35.5. The van der Waals surface area contributed by atoms with Gasteiger partial charge in [0.15, 0.2) is 0 Å². The number of carbonyl (C=O) groups excluding carboxylic acids is 1. The average Bonchev–Trinajstić information content (AvgIpc) is 2.97. The van der Waals surface area contributed by atoms with Crippen molar-refractivity contribution < 1.29 is 9.53 Å². The van der Waals surface area contributed by atoms with Crippen molar-refractivity contribution in [2.45, 2.75) is 27.2 Å². The maximum atomic E-state index is 12.2. The summed E-state index contributed by atoms with van der Waals surface area (Å²) < 4.78 is 7.51. The normalized spacial score (nSPS) is 11.0. The van der Waals surface area contributed by atoms with Crippen LogP contribution in [0.1, 0.15) is 29.4 Å². The molecule has 1 N–H and O–H groups in total. The van der Waals surface area contributed by atoms with Gasteiger partial charge in [-0.15, -0.1) is 0 Å². The van der Waals surface area contributed by atoms with Gasteiger partial charge in [-0.3, -0.25) is 4.79 Å². The molecule has 3 aromatic rings. The molecule has 0 aliphatic rings. The first-order valence-corrected chi connectivity index (χ1v) is 9.84. The third-order valence-electron chi connectivity index (χ3n) is 4.53. The van der Waals surface area contributed by atoms with E-state index < -0.39 is 0 Å². The number of nitrogens with zero attached hydrogens (tertiary/aromatic N) is 2. The van der Waals surface area contributed by atoms with E-state index in [0.29, 0.717) is 11.6 Å². The second-order valence-corrected chi connectivity index (χ2v) is 7.13. The quantitative estimate of drug-likeness (QED) is 0.448. The van der Waals surface area contributed by atoms with Crippen molar-refractivity contribution in [1.82, 2.24) is 9.99 Å². The van der Waals surface area contributed by atoms with Crippen LogP contribution in [0.15, 0.2) is 59.7 Å². The topological polar surface area (TPSA) is 55.6 Å². The van der Waals surface area contributed by atoms with Crippen LogP contribution in [-0.2, 0) is 11.2 Å². The SMILES string of the molecule is CCOc1ccc(CC(=O)N/N=C\c2cc(C)n(-c3cccc(Cl)c3)c2C)cc1. The molecule has 150 valence electrons. The Morgan fingerprint density at radius 2 is 1.93 bits per heavy atom. The molecular weight excluding hydrogens is 386 g/mol. The minimum absolute atomic E-state index is 0.172. The first kappa shape index (κ1) is 20.7. The molecule has 0 saturated carbocycles. The van der Waals surface area contributed by atoms with E-state index in [-0.39, 0.29) is 12.3 Å². The van der Waals surface area contributed by atoms with Crippen LogP contribution in [0.2, 0.25) is 5.02 Å². The summed E-state index contributed by atoms with van der Waals surface area (Å²) in [5.74, 6) is 0.624. The molecule has 2 aromatic carbocycles. The van der Waals surface area contributed by atoms with Gasteiger partial charge in [-0.1, -0.05) is 29.8 Å². The first-order valence-electron chi connectivity index (χ1n) is 9.46. The Labute approximate surface area is 176 Å². The Morgan fingerprint density at radius 1 is 1.17 bits per heavy atom. The fraction of sp³-hybridized carbons (Fsp3) is 0.217. The molecular formula is C23H24ClN3O2. The molecule has 0 spiro atoms. The molecule has 0 aliphatic carbocycles. The molecule has 0 unspecified atom stereocenters. The van der Waals surface area contributed by atoms with Crippen molar-refractivity contribution in [3.63, 3.8) is 0 Å². The second kappa shape index (κ2) is 9.43. The largest absolute Gasteiger partial charge is 0.494 e. The number of benzene rings is 2. The van der Waals surface area contributed by atoms with Gasteiger partial charge in [0.1, 0.15) is 5.75 Å². The fourth-order valence-corrected chi connectivity index (χ4v) is 3.38. The number of ether oxygens (including phenoxy) is 1. The number of aryl methyl sites for hydroxylation is 1. The Balaban J connectivity index is 1.64. The van der Waals surface area contributed by atoms with Gasteiger partial charge in [0.25, 0.3) is 0 Å². The van der Waals surface area contributed by atoms with Gasteiger partial charge in [0, 0.05) is 27.7 Å². The molecule has 3 rings (SSSR count). The predicted octanol–water partition coefficient (Wildman–Crippen LogP) is 4.84. The van der Waals surface area contributed by atoms with E-state index in [1.807, 2.05) is 75.4 Å². The van der Waals surface area contributed by atoms with Gasteiger partial charge >= 0.3 is 0 Å². The summed E-state index contributed by atoms with van der Waals surface area (Å²) in [4.78, 5) is 12.2. The standard InChI is InChI=1S/C23H24ClN3O2/c1-4-29-22-10-8-18(9-11-22)13-23(28)26-25-15-19-12-16(2)27(17(19)3)21-7-5-6-20(24)14-21/h5-12,14-15H,4,13H2,1-3H3,(H,26,28)/b25-15-. The molecule has 29 heavy (non-hydrogen) atoms. The van der Waals surface area contributed by atoms with Crippen molar-refractivity contribution >= 4 is 23.7 Å². The lowest BCUT2D eigenvalue weighted by Crippen LogP contribution is -2.19. The maximum Gasteiger partial charge on any atom is 0.244 e.